The summed E-state index contributed by atoms with van der Waals surface area (Å²) in [6.45, 7) is 1.98. The largest absolute Gasteiger partial charge is 0.508 e. The summed E-state index contributed by atoms with van der Waals surface area (Å²) >= 11 is 0. The number of benzene rings is 1. The molecule has 4 heteroatoms. The van der Waals surface area contributed by atoms with Gasteiger partial charge in [-0.3, -0.25) is 10.6 Å². The van der Waals surface area contributed by atoms with Gasteiger partial charge in [-0.25, -0.2) is 4.79 Å². The molecule has 0 aromatic heterocycles. The molecule has 1 aromatic rings. The van der Waals surface area contributed by atoms with E-state index in [0.717, 1.165) is 18.7 Å². The van der Waals surface area contributed by atoms with Crippen molar-refractivity contribution in [2.24, 2.45) is 0 Å². The highest BCUT2D eigenvalue weighted by Gasteiger charge is 2.28. The van der Waals surface area contributed by atoms with Crippen molar-refractivity contribution < 1.29 is 15.6 Å². The van der Waals surface area contributed by atoms with Crippen LogP contribution in [0.5, 0.6) is 5.75 Å². The zero-order valence-electron chi connectivity index (χ0n) is 9.93. The number of quaternary nitrogens is 1. The molecular formula is C13H19N2O2+. The monoisotopic (exact) mass is 235 g/mol. The van der Waals surface area contributed by atoms with E-state index in [4.69, 9.17) is 0 Å². The molecule has 1 amide bonds. The van der Waals surface area contributed by atoms with Crippen LogP contribution in [0.15, 0.2) is 24.3 Å². The van der Waals surface area contributed by atoms with Crippen LogP contribution in [0.3, 0.4) is 0 Å². The van der Waals surface area contributed by atoms with Crippen molar-refractivity contribution in [2.45, 2.75) is 25.3 Å². The molecule has 2 rings (SSSR count). The quantitative estimate of drug-likeness (QED) is 0.781. The van der Waals surface area contributed by atoms with Crippen LogP contribution in [-0.2, 0) is 11.2 Å². The number of nitrogens with zero attached hydrogens (tertiary/aromatic N) is 1. The summed E-state index contributed by atoms with van der Waals surface area (Å²) in [5.41, 5.74) is 4.63. The Morgan fingerprint density at radius 1 is 1.29 bits per heavy atom. The Morgan fingerprint density at radius 3 is 2.41 bits per heavy atom. The average Bonchev–Trinajstić information content (AvgIpc) is 2.81. The van der Waals surface area contributed by atoms with Gasteiger partial charge in [0.1, 0.15) is 11.8 Å². The lowest BCUT2D eigenvalue weighted by atomic mass is 10.0. The van der Waals surface area contributed by atoms with Gasteiger partial charge in [0.2, 0.25) is 0 Å². The first-order chi connectivity index (χ1) is 8.16. The summed E-state index contributed by atoms with van der Waals surface area (Å²) in [4.78, 5) is 13.8. The Kier molecular flexibility index (Phi) is 3.76. The van der Waals surface area contributed by atoms with Gasteiger partial charge in [0.15, 0.2) is 0 Å². The highest BCUT2D eigenvalue weighted by molar-refractivity contribution is 5.71. The Balaban J connectivity index is 2.06. The van der Waals surface area contributed by atoms with Crippen LogP contribution in [0.4, 0.5) is 0 Å². The lowest BCUT2D eigenvalue weighted by Gasteiger charge is -2.22. The maximum atomic E-state index is 11.6. The van der Waals surface area contributed by atoms with E-state index in [9.17, 15) is 9.90 Å². The summed E-state index contributed by atoms with van der Waals surface area (Å²) < 4.78 is 0. The van der Waals surface area contributed by atoms with Gasteiger partial charge in [-0.2, -0.15) is 0 Å². The fraction of sp³-hybridized carbons (Fsp3) is 0.462. The number of rotatable bonds is 4. The third-order valence-corrected chi connectivity index (χ3v) is 3.32. The van der Waals surface area contributed by atoms with E-state index in [-0.39, 0.29) is 17.7 Å². The number of aromatic hydroxyl groups is 1. The molecule has 4 nitrogen and oxygen atoms in total. The molecule has 0 aliphatic carbocycles. The lowest BCUT2D eigenvalue weighted by Crippen LogP contribution is -2.66. The van der Waals surface area contributed by atoms with E-state index in [2.05, 4.69) is 10.6 Å². The fourth-order valence-electron chi connectivity index (χ4n) is 2.36. The lowest BCUT2D eigenvalue weighted by molar-refractivity contribution is -0.311. The van der Waals surface area contributed by atoms with Crippen LogP contribution in [0.1, 0.15) is 18.4 Å². The maximum Gasteiger partial charge on any atom is 0.326 e. The number of hydrogen-bond acceptors (Lipinski definition) is 3. The van der Waals surface area contributed by atoms with Gasteiger partial charge in [0.25, 0.3) is 0 Å². The summed E-state index contributed by atoms with van der Waals surface area (Å²) in [5, 5.41) is 9.22. The highest BCUT2D eigenvalue weighted by atomic mass is 16.3. The number of carbonyl (C=O) groups is 1. The minimum absolute atomic E-state index is 0.0139. The van der Waals surface area contributed by atoms with Crippen molar-refractivity contribution in [3.8, 4) is 5.75 Å². The second-order valence-electron chi connectivity index (χ2n) is 4.60. The number of phenols is 1. The third-order valence-electron chi connectivity index (χ3n) is 3.32. The van der Waals surface area contributed by atoms with E-state index >= 15 is 0 Å². The first kappa shape index (κ1) is 12.1. The molecule has 92 valence electrons. The minimum Gasteiger partial charge on any atom is -0.508 e. The topological polar surface area (TPSA) is 68.2 Å². The van der Waals surface area contributed by atoms with Gasteiger partial charge in [-0.05, 0) is 43.6 Å². The van der Waals surface area contributed by atoms with Crippen molar-refractivity contribution in [3.63, 3.8) is 0 Å². The molecule has 1 saturated heterocycles. The molecule has 1 atom stereocenters. The second-order valence-corrected chi connectivity index (χ2v) is 4.60. The maximum absolute atomic E-state index is 11.6. The fourth-order valence-corrected chi connectivity index (χ4v) is 2.36. The first-order valence-electron chi connectivity index (χ1n) is 6.04. The van der Waals surface area contributed by atoms with Crippen LogP contribution < -0.4 is 5.73 Å². The smallest absolute Gasteiger partial charge is 0.326 e. The van der Waals surface area contributed by atoms with Gasteiger partial charge in [-0.15, -0.1) is 0 Å². The number of amides is 1. The van der Waals surface area contributed by atoms with Crippen molar-refractivity contribution in [1.82, 2.24) is 4.90 Å². The molecule has 1 aromatic carbocycles. The molecular weight excluding hydrogens is 216 g/mol. The molecule has 1 unspecified atom stereocenters. The number of carbonyl (C=O) groups excluding carboxylic acids is 1. The van der Waals surface area contributed by atoms with Gasteiger partial charge >= 0.3 is 5.91 Å². The Morgan fingerprint density at radius 2 is 1.88 bits per heavy atom. The van der Waals surface area contributed by atoms with Crippen LogP contribution >= 0.6 is 0 Å². The van der Waals surface area contributed by atoms with Gasteiger partial charge in [0.05, 0.1) is 0 Å². The summed E-state index contributed by atoms with van der Waals surface area (Å²) in [6, 6.07) is 6.93. The number of likely N-dealkylation sites (tertiary alicyclic amines) is 1. The molecule has 0 spiro atoms. The second kappa shape index (κ2) is 5.29. The third kappa shape index (κ3) is 3.05. The Bertz CT molecular complexity index is 383. The standard InChI is InChI=1S/C13H18N2O2/c14-13(17)12(15-7-1-2-8-15)9-10-3-5-11(16)6-4-10/h3-6,12,16H,1-2,7-9H2,(H2,14,17)/p+1. The van der Waals surface area contributed by atoms with Crippen molar-refractivity contribution in [1.29, 1.82) is 0 Å². The predicted molar refractivity (Wildman–Crippen MR) is 64.3 cm³/mol. The SMILES string of the molecule is [NH3+]C(=O)C(Cc1ccc(O)cc1)N1CCCC1. The summed E-state index contributed by atoms with van der Waals surface area (Å²) in [6.07, 6.45) is 3.02. The van der Waals surface area contributed by atoms with E-state index in [1.807, 2.05) is 12.1 Å². The number of phenolic OH excluding ortho intramolecular Hbond substituents is 1. The van der Waals surface area contributed by atoms with Gasteiger partial charge in [0, 0.05) is 6.42 Å². The van der Waals surface area contributed by atoms with E-state index in [1.54, 1.807) is 12.1 Å². The summed E-state index contributed by atoms with van der Waals surface area (Å²) in [7, 11) is 0. The molecule has 0 radical (unpaired) electrons. The van der Waals surface area contributed by atoms with Crippen molar-refractivity contribution in [2.75, 3.05) is 13.1 Å². The normalized spacial score (nSPS) is 18.2. The number of hydrogen-bond donors (Lipinski definition) is 2. The zero-order valence-corrected chi connectivity index (χ0v) is 9.93. The molecule has 1 aliphatic rings. The highest BCUT2D eigenvalue weighted by Crippen LogP contribution is 2.17. The molecule has 1 fully saturated rings. The van der Waals surface area contributed by atoms with Crippen LogP contribution in [0, 0.1) is 0 Å². The predicted octanol–water partition coefficient (Wildman–Crippen LogP) is 0.168. The Hall–Kier alpha value is -1.39. The molecule has 4 N–H and O–H groups in total. The molecule has 0 saturated carbocycles. The summed E-state index contributed by atoms with van der Waals surface area (Å²) in [5.74, 6) is 0.243. The zero-order chi connectivity index (χ0) is 12.3. The van der Waals surface area contributed by atoms with Crippen LogP contribution in [-0.4, -0.2) is 35.0 Å². The van der Waals surface area contributed by atoms with E-state index in [0.29, 0.717) is 6.42 Å². The molecule has 1 heterocycles. The van der Waals surface area contributed by atoms with Crippen molar-refractivity contribution in [3.05, 3.63) is 29.8 Å². The molecule has 0 bridgehead atoms. The molecule has 1 aliphatic heterocycles. The first-order valence-corrected chi connectivity index (χ1v) is 6.04. The molecule has 17 heavy (non-hydrogen) atoms. The van der Waals surface area contributed by atoms with Crippen molar-refractivity contribution >= 4 is 5.91 Å². The van der Waals surface area contributed by atoms with Crippen LogP contribution in [0.2, 0.25) is 0 Å². The Labute approximate surface area is 101 Å². The van der Waals surface area contributed by atoms with E-state index < -0.39 is 0 Å². The van der Waals surface area contributed by atoms with Gasteiger partial charge < -0.3 is 5.11 Å². The average molecular weight is 235 g/mol. The minimum atomic E-state index is -0.109. The van der Waals surface area contributed by atoms with Gasteiger partial charge in [-0.1, -0.05) is 12.1 Å². The van der Waals surface area contributed by atoms with E-state index in [1.165, 1.54) is 12.8 Å². The van der Waals surface area contributed by atoms with Crippen LogP contribution in [0.25, 0.3) is 0 Å².